The number of methoxy groups -OCH3 is 1. The van der Waals surface area contributed by atoms with Gasteiger partial charge in [-0.2, -0.15) is 0 Å². The van der Waals surface area contributed by atoms with Crippen molar-refractivity contribution in [3.05, 3.63) is 89.5 Å². The molecule has 3 rings (SSSR count). The highest BCUT2D eigenvalue weighted by Gasteiger charge is 2.33. The summed E-state index contributed by atoms with van der Waals surface area (Å²) in [6.07, 6.45) is 1.14. The maximum absolute atomic E-state index is 14.1. The van der Waals surface area contributed by atoms with Crippen LogP contribution in [0.2, 0.25) is 0 Å². The first kappa shape index (κ1) is 30.7. The summed E-state index contributed by atoms with van der Waals surface area (Å²) in [5.74, 6) is -0.212. The van der Waals surface area contributed by atoms with Gasteiger partial charge in [-0.05, 0) is 74.2 Å². The van der Waals surface area contributed by atoms with Crippen molar-refractivity contribution in [1.29, 1.82) is 0 Å². The molecule has 0 aliphatic heterocycles. The molecule has 3 aromatic carbocycles. The van der Waals surface area contributed by atoms with Gasteiger partial charge in [0.25, 0.3) is 10.0 Å². The highest BCUT2D eigenvalue weighted by Crippen LogP contribution is 2.26. The molecule has 9 heteroatoms. The third-order valence-electron chi connectivity index (χ3n) is 6.79. The van der Waals surface area contributed by atoms with E-state index in [9.17, 15) is 18.0 Å². The van der Waals surface area contributed by atoms with Crippen molar-refractivity contribution in [3.63, 3.8) is 0 Å². The van der Waals surface area contributed by atoms with Gasteiger partial charge in [-0.25, -0.2) is 8.42 Å². The summed E-state index contributed by atoms with van der Waals surface area (Å²) in [4.78, 5) is 28.8. The Bertz CT molecular complexity index is 1390. The highest BCUT2D eigenvalue weighted by molar-refractivity contribution is 7.92. The number of ether oxygens (including phenoxy) is 1. The summed E-state index contributed by atoms with van der Waals surface area (Å²) in [7, 11) is -2.63. The number of hydrogen-bond donors (Lipinski definition) is 1. The van der Waals surface area contributed by atoms with Gasteiger partial charge in [-0.15, -0.1) is 0 Å². The number of nitrogens with one attached hydrogen (secondary N) is 1. The lowest BCUT2D eigenvalue weighted by molar-refractivity contribution is -0.140. The van der Waals surface area contributed by atoms with Gasteiger partial charge >= 0.3 is 0 Å². The fraction of sp³-hybridized carbons (Fsp3) is 0.355. The Balaban J connectivity index is 2.05. The molecule has 0 spiro atoms. The smallest absolute Gasteiger partial charge is 0.264 e. The van der Waals surface area contributed by atoms with Crippen molar-refractivity contribution in [3.8, 4) is 5.75 Å². The molecule has 0 aliphatic carbocycles. The Labute approximate surface area is 238 Å². The van der Waals surface area contributed by atoms with Gasteiger partial charge in [0.05, 0.1) is 17.7 Å². The first-order valence-electron chi connectivity index (χ1n) is 13.5. The van der Waals surface area contributed by atoms with Gasteiger partial charge in [0.1, 0.15) is 18.3 Å². The van der Waals surface area contributed by atoms with E-state index < -0.39 is 28.5 Å². The lowest BCUT2D eigenvalue weighted by atomic mass is 10.1. The molecular weight excluding hydrogens is 526 g/mol. The maximum Gasteiger partial charge on any atom is 0.264 e. The molecule has 1 N–H and O–H groups in total. The Morgan fingerprint density at radius 1 is 0.925 bits per heavy atom. The molecule has 0 saturated carbocycles. The quantitative estimate of drug-likeness (QED) is 0.320. The van der Waals surface area contributed by atoms with E-state index in [0.29, 0.717) is 24.4 Å². The largest absolute Gasteiger partial charge is 0.497 e. The summed E-state index contributed by atoms with van der Waals surface area (Å²) >= 11 is 0. The van der Waals surface area contributed by atoms with Gasteiger partial charge in [-0.1, -0.05) is 55.8 Å². The molecule has 0 heterocycles. The van der Waals surface area contributed by atoms with Crippen molar-refractivity contribution >= 4 is 27.5 Å². The van der Waals surface area contributed by atoms with E-state index in [4.69, 9.17) is 4.74 Å². The number of carbonyl (C=O) groups is 2. The number of rotatable bonds is 13. The van der Waals surface area contributed by atoms with Crippen LogP contribution in [0.1, 0.15) is 43.4 Å². The summed E-state index contributed by atoms with van der Waals surface area (Å²) in [6, 6.07) is 19.9. The monoisotopic (exact) mass is 565 g/mol. The minimum absolute atomic E-state index is 0.0276. The average molecular weight is 566 g/mol. The third kappa shape index (κ3) is 7.41. The molecule has 0 aliphatic rings. The van der Waals surface area contributed by atoms with Gasteiger partial charge in [0.2, 0.25) is 11.8 Å². The van der Waals surface area contributed by atoms with Gasteiger partial charge in [-0.3, -0.25) is 13.9 Å². The number of benzene rings is 3. The Hall–Kier alpha value is -3.85. The molecule has 40 heavy (non-hydrogen) atoms. The van der Waals surface area contributed by atoms with Gasteiger partial charge in [0.15, 0.2) is 0 Å². The number of nitrogens with zero attached hydrogens (tertiary/aromatic N) is 2. The van der Waals surface area contributed by atoms with E-state index in [1.54, 1.807) is 36.4 Å². The van der Waals surface area contributed by atoms with E-state index in [1.807, 2.05) is 52.0 Å². The predicted octanol–water partition coefficient (Wildman–Crippen LogP) is 4.84. The number of carbonyl (C=O) groups excluding carboxylic acids is 2. The zero-order valence-corrected chi connectivity index (χ0v) is 24.7. The van der Waals surface area contributed by atoms with Crippen LogP contribution in [0.25, 0.3) is 0 Å². The number of sulfonamides is 1. The Morgan fingerprint density at radius 3 is 2.15 bits per heavy atom. The molecule has 214 valence electrons. The molecule has 0 bridgehead atoms. The fourth-order valence-corrected chi connectivity index (χ4v) is 5.79. The number of anilines is 1. The minimum atomic E-state index is -4.14. The molecule has 3 aromatic rings. The number of amides is 2. The van der Waals surface area contributed by atoms with Crippen molar-refractivity contribution in [2.45, 2.75) is 58.0 Å². The normalized spacial score (nSPS) is 11.9. The maximum atomic E-state index is 14.1. The minimum Gasteiger partial charge on any atom is -0.497 e. The molecule has 0 saturated heterocycles. The molecule has 2 amide bonds. The second-order valence-electron chi connectivity index (χ2n) is 9.69. The van der Waals surface area contributed by atoms with E-state index >= 15 is 0 Å². The SMILES string of the molecule is CCCNC(=O)C(CC)N(Cc1ccccc1C)C(=O)CN(c1ccc(C)cc1)S(=O)(=O)c1ccc(OC)cc1. The summed E-state index contributed by atoms with van der Waals surface area (Å²) in [5.41, 5.74) is 3.17. The van der Waals surface area contributed by atoms with E-state index in [0.717, 1.165) is 27.4 Å². The lowest BCUT2D eigenvalue weighted by Crippen LogP contribution is -2.52. The number of aryl methyl sites for hydroxylation is 2. The first-order valence-corrected chi connectivity index (χ1v) is 14.9. The molecule has 1 unspecified atom stereocenters. The van der Waals surface area contributed by atoms with E-state index in [2.05, 4.69) is 5.32 Å². The van der Waals surface area contributed by atoms with Crippen molar-refractivity contribution in [1.82, 2.24) is 10.2 Å². The number of hydrogen-bond acceptors (Lipinski definition) is 5. The van der Waals surface area contributed by atoms with Crippen molar-refractivity contribution in [2.75, 3.05) is 24.5 Å². The van der Waals surface area contributed by atoms with Crippen LogP contribution in [-0.4, -0.2) is 51.4 Å². The fourth-order valence-electron chi connectivity index (χ4n) is 4.37. The zero-order valence-electron chi connectivity index (χ0n) is 23.9. The Kier molecular flexibility index (Phi) is 10.7. The van der Waals surface area contributed by atoms with Crippen LogP contribution in [0, 0.1) is 13.8 Å². The molecule has 0 radical (unpaired) electrons. The van der Waals surface area contributed by atoms with Crippen LogP contribution < -0.4 is 14.4 Å². The zero-order chi connectivity index (χ0) is 29.3. The third-order valence-corrected chi connectivity index (χ3v) is 8.57. The van der Waals surface area contributed by atoms with Gasteiger partial charge in [0, 0.05) is 13.1 Å². The van der Waals surface area contributed by atoms with Gasteiger partial charge < -0.3 is 15.0 Å². The second kappa shape index (κ2) is 14.0. The van der Waals surface area contributed by atoms with E-state index in [1.165, 1.54) is 24.1 Å². The average Bonchev–Trinajstić information content (AvgIpc) is 2.96. The molecular formula is C31H39N3O5S. The second-order valence-corrected chi connectivity index (χ2v) is 11.5. The van der Waals surface area contributed by atoms with E-state index in [-0.39, 0.29) is 17.3 Å². The van der Waals surface area contributed by atoms with Crippen LogP contribution in [0.15, 0.2) is 77.7 Å². The molecule has 0 aromatic heterocycles. The van der Waals surface area contributed by atoms with Crippen LogP contribution in [0.5, 0.6) is 5.75 Å². The molecule has 0 fully saturated rings. The van der Waals surface area contributed by atoms with Crippen LogP contribution >= 0.6 is 0 Å². The summed E-state index contributed by atoms with van der Waals surface area (Å²) < 4.78 is 34.2. The standard InChI is InChI=1S/C31H39N3O5S/c1-6-20-32-31(36)29(7-2)33(21-25-11-9-8-10-24(25)4)30(35)22-34(26-14-12-23(3)13-15-26)40(37,38)28-18-16-27(39-5)17-19-28/h8-19,29H,6-7,20-22H2,1-5H3,(H,32,36). The predicted molar refractivity (Wildman–Crippen MR) is 158 cm³/mol. The summed E-state index contributed by atoms with van der Waals surface area (Å²) in [5, 5.41) is 2.90. The van der Waals surface area contributed by atoms with Crippen LogP contribution in [-0.2, 0) is 26.2 Å². The summed E-state index contributed by atoms with van der Waals surface area (Å²) in [6.45, 7) is 7.85. The molecule has 8 nitrogen and oxygen atoms in total. The Morgan fingerprint density at radius 2 is 1.57 bits per heavy atom. The van der Waals surface area contributed by atoms with Crippen LogP contribution in [0.4, 0.5) is 5.69 Å². The van der Waals surface area contributed by atoms with Crippen molar-refractivity contribution < 1.29 is 22.7 Å². The lowest BCUT2D eigenvalue weighted by Gasteiger charge is -2.33. The topological polar surface area (TPSA) is 96.0 Å². The highest BCUT2D eigenvalue weighted by atomic mass is 32.2. The van der Waals surface area contributed by atoms with Crippen LogP contribution in [0.3, 0.4) is 0 Å². The first-order chi connectivity index (χ1) is 19.1. The molecule has 1 atom stereocenters. The van der Waals surface area contributed by atoms with Crippen molar-refractivity contribution in [2.24, 2.45) is 0 Å².